The number of aromatic nitrogens is 1. The third-order valence-electron chi connectivity index (χ3n) is 4.83. The molecule has 9 nitrogen and oxygen atoms in total. The average molecular weight is 512 g/mol. The van der Waals surface area contributed by atoms with Gasteiger partial charge in [-0.1, -0.05) is 35.6 Å². The molecule has 0 spiro atoms. The predicted octanol–water partition coefficient (Wildman–Crippen LogP) is 3.45. The molecule has 35 heavy (non-hydrogen) atoms. The number of primary sulfonamides is 1. The Labute approximate surface area is 205 Å². The van der Waals surface area contributed by atoms with Gasteiger partial charge >= 0.3 is 5.97 Å². The first-order chi connectivity index (χ1) is 16.7. The molecule has 0 atom stereocenters. The number of sulfonamides is 1. The number of nitrogens with two attached hydrogens (primary N) is 1. The van der Waals surface area contributed by atoms with E-state index in [1.807, 2.05) is 18.2 Å². The van der Waals surface area contributed by atoms with E-state index >= 15 is 0 Å². The number of amides is 1. The van der Waals surface area contributed by atoms with Crippen LogP contribution in [0.3, 0.4) is 0 Å². The first-order valence-electron chi connectivity index (χ1n) is 10.5. The third-order valence-corrected chi connectivity index (χ3v) is 6.78. The minimum Gasteiger partial charge on any atom is -0.465 e. The average Bonchev–Trinajstić information content (AvgIpc) is 3.15. The summed E-state index contributed by atoms with van der Waals surface area (Å²) in [6.45, 7) is 1.68. The van der Waals surface area contributed by atoms with E-state index in [0.29, 0.717) is 21.7 Å². The van der Waals surface area contributed by atoms with Crippen LogP contribution in [0.4, 0.5) is 0 Å². The van der Waals surface area contributed by atoms with E-state index < -0.39 is 21.9 Å². The molecule has 11 heteroatoms. The molecule has 0 unspecified atom stereocenters. The van der Waals surface area contributed by atoms with Crippen molar-refractivity contribution in [3.63, 3.8) is 0 Å². The van der Waals surface area contributed by atoms with Gasteiger partial charge in [0.1, 0.15) is 18.0 Å². The smallest absolute Gasteiger partial charge is 0.326 e. The Kier molecular flexibility index (Phi) is 7.10. The molecule has 3 aromatic carbocycles. The number of ether oxygens (including phenoxy) is 2. The Hall–Kier alpha value is -3.80. The minimum absolute atomic E-state index is 0.0850. The second-order valence-corrected chi connectivity index (χ2v) is 9.88. The van der Waals surface area contributed by atoms with E-state index in [4.69, 9.17) is 14.6 Å². The maximum Gasteiger partial charge on any atom is 0.326 e. The Balaban J connectivity index is 1.75. The maximum atomic E-state index is 13.0. The van der Waals surface area contributed by atoms with Crippen LogP contribution in [0.15, 0.2) is 82.7 Å². The van der Waals surface area contributed by atoms with Crippen LogP contribution < -0.4 is 14.7 Å². The Morgan fingerprint density at radius 1 is 1.00 bits per heavy atom. The molecule has 180 valence electrons. The number of carbonyl (C=O) groups is 2. The van der Waals surface area contributed by atoms with Crippen LogP contribution in [0.1, 0.15) is 17.3 Å². The number of hydrogen-bond acceptors (Lipinski definition) is 7. The monoisotopic (exact) mass is 511 g/mol. The van der Waals surface area contributed by atoms with Crippen molar-refractivity contribution in [3.8, 4) is 11.5 Å². The predicted molar refractivity (Wildman–Crippen MR) is 131 cm³/mol. The molecule has 0 saturated heterocycles. The molecule has 1 aromatic heterocycles. The Morgan fingerprint density at radius 2 is 1.74 bits per heavy atom. The van der Waals surface area contributed by atoms with E-state index in [1.54, 1.807) is 43.3 Å². The van der Waals surface area contributed by atoms with E-state index in [-0.39, 0.29) is 28.4 Å². The fraction of sp³-hybridized carbons (Fsp3) is 0.125. The zero-order valence-corrected chi connectivity index (χ0v) is 20.2. The molecule has 1 amide bonds. The van der Waals surface area contributed by atoms with Crippen molar-refractivity contribution in [3.05, 3.63) is 83.2 Å². The van der Waals surface area contributed by atoms with Gasteiger partial charge in [-0.3, -0.25) is 9.59 Å². The molecule has 0 aliphatic carbocycles. The highest BCUT2D eigenvalue weighted by atomic mass is 32.2. The zero-order valence-electron chi connectivity index (χ0n) is 18.6. The first kappa shape index (κ1) is 24.3. The maximum absolute atomic E-state index is 13.0. The van der Waals surface area contributed by atoms with E-state index in [1.165, 1.54) is 22.8 Å². The largest absolute Gasteiger partial charge is 0.465 e. The van der Waals surface area contributed by atoms with Gasteiger partial charge in [0.2, 0.25) is 10.0 Å². The molecule has 4 aromatic rings. The van der Waals surface area contributed by atoms with E-state index in [9.17, 15) is 18.0 Å². The number of carbonyl (C=O) groups excluding carboxylic acids is 2. The summed E-state index contributed by atoms with van der Waals surface area (Å²) in [4.78, 5) is 29.6. The van der Waals surface area contributed by atoms with Gasteiger partial charge in [-0.15, -0.1) is 0 Å². The minimum atomic E-state index is -3.93. The van der Waals surface area contributed by atoms with Crippen molar-refractivity contribution in [2.75, 3.05) is 6.61 Å². The summed E-state index contributed by atoms with van der Waals surface area (Å²) < 4.78 is 36.4. The lowest BCUT2D eigenvalue weighted by atomic mass is 10.2. The second-order valence-electron chi connectivity index (χ2n) is 7.31. The summed E-state index contributed by atoms with van der Waals surface area (Å²) in [6, 6.07) is 19.9. The number of benzene rings is 3. The Bertz CT molecular complexity index is 1570. The van der Waals surface area contributed by atoms with Gasteiger partial charge in [-0.05, 0) is 55.5 Å². The number of hydrogen-bond donors (Lipinski definition) is 1. The summed E-state index contributed by atoms with van der Waals surface area (Å²) >= 11 is 1.06. The van der Waals surface area contributed by atoms with Crippen molar-refractivity contribution in [2.24, 2.45) is 10.1 Å². The van der Waals surface area contributed by atoms with Crippen LogP contribution in [0, 0.1) is 0 Å². The van der Waals surface area contributed by atoms with Crippen LogP contribution >= 0.6 is 11.3 Å². The van der Waals surface area contributed by atoms with E-state index in [2.05, 4.69) is 4.99 Å². The second kappa shape index (κ2) is 10.2. The summed E-state index contributed by atoms with van der Waals surface area (Å²) in [5, 5.41) is 5.25. The van der Waals surface area contributed by atoms with Crippen LogP contribution in [0.25, 0.3) is 10.2 Å². The van der Waals surface area contributed by atoms with Crippen molar-refractivity contribution < 1.29 is 27.5 Å². The van der Waals surface area contributed by atoms with Gasteiger partial charge < -0.3 is 14.0 Å². The molecule has 0 radical (unpaired) electrons. The van der Waals surface area contributed by atoms with Gasteiger partial charge in [0.05, 0.1) is 21.7 Å². The van der Waals surface area contributed by atoms with Crippen LogP contribution in [-0.4, -0.2) is 31.5 Å². The van der Waals surface area contributed by atoms with Crippen molar-refractivity contribution >= 4 is 43.5 Å². The van der Waals surface area contributed by atoms with Gasteiger partial charge in [0, 0.05) is 5.56 Å². The van der Waals surface area contributed by atoms with Gasteiger partial charge in [0.25, 0.3) is 5.91 Å². The SMILES string of the molecule is CCOC(=O)Cn1c(=NC(=O)c2cccc(Oc3ccccc3)c2)sc2cc(S(N)(=O)=O)ccc21. The summed E-state index contributed by atoms with van der Waals surface area (Å²) in [5.74, 6) is 0.0106. The number of esters is 1. The molecule has 0 fully saturated rings. The lowest BCUT2D eigenvalue weighted by Gasteiger charge is -2.07. The van der Waals surface area contributed by atoms with Gasteiger partial charge in [-0.25, -0.2) is 13.6 Å². The number of nitrogens with zero attached hydrogens (tertiary/aromatic N) is 2. The highest BCUT2D eigenvalue weighted by Gasteiger charge is 2.16. The van der Waals surface area contributed by atoms with Crippen LogP contribution in [0.2, 0.25) is 0 Å². The highest BCUT2D eigenvalue weighted by Crippen LogP contribution is 2.23. The molecule has 0 aliphatic heterocycles. The third kappa shape index (κ3) is 5.83. The van der Waals surface area contributed by atoms with Crippen molar-refractivity contribution in [1.82, 2.24) is 4.57 Å². The van der Waals surface area contributed by atoms with E-state index in [0.717, 1.165) is 11.3 Å². The van der Waals surface area contributed by atoms with Crippen molar-refractivity contribution in [1.29, 1.82) is 0 Å². The van der Waals surface area contributed by atoms with Gasteiger partial charge in [0.15, 0.2) is 4.80 Å². The molecular weight excluding hydrogens is 490 g/mol. The molecule has 0 aliphatic rings. The Morgan fingerprint density at radius 3 is 2.46 bits per heavy atom. The quantitative estimate of drug-likeness (QED) is 0.378. The van der Waals surface area contributed by atoms with Gasteiger partial charge in [-0.2, -0.15) is 4.99 Å². The number of fused-ring (bicyclic) bond motifs is 1. The number of para-hydroxylation sites is 1. The first-order valence-corrected chi connectivity index (χ1v) is 12.8. The number of rotatable bonds is 7. The van der Waals surface area contributed by atoms with Crippen LogP contribution in [-0.2, 0) is 26.1 Å². The summed E-state index contributed by atoms with van der Waals surface area (Å²) in [7, 11) is -3.93. The number of thiazole rings is 1. The molecule has 1 heterocycles. The molecule has 0 bridgehead atoms. The topological polar surface area (TPSA) is 130 Å². The summed E-state index contributed by atoms with van der Waals surface area (Å²) in [5.41, 5.74) is 0.798. The fourth-order valence-electron chi connectivity index (χ4n) is 3.27. The zero-order chi connectivity index (χ0) is 25.0. The summed E-state index contributed by atoms with van der Waals surface area (Å²) in [6.07, 6.45) is 0. The molecule has 2 N–H and O–H groups in total. The standard InChI is InChI=1S/C24H21N3O6S2/c1-2-32-22(28)15-27-20-12-11-19(35(25,30)31)14-21(20)34-24(27)26-23(29)16-7-6-10-18(13-16)33-17-8-4-3-5-9-17/h3-14H,2,15H2,1H3,(H2,25,30,31). The lowest BCUT2D eigenvalue weighted by molar-refractivity contribution is -0.143. The molecule has 4 rings (SSSR count). The molecule has 0 saturated carbocycles. The van der Waals surface area contributed by atoms with Crippen molar-refractivity contribution in [2.45, 2.75) is 18.4 Å². The fourth-order valence-corrected chi connectivity index (χ4v) is 4.95. The lowest BCUT2D eigenvalue weighted by Crippen LogP contribution is -2.23. The highest BCUT2D eigenvalue weighted by molar-refractivity contribution is 7.89. The van der Waals surface area contributed by atoms with Crippen LogP contribution in [0.5, 0.6) is 11.5 Å². The normalized spacial score (nSPS) is 12.0. The molecular formula is C24H21N3O6S2.